The molecule has 0 saturated heterocycles. The number of carbonyl (C=O) groups excluding carboxylic acids is 1. The first-order valence-corrected chi connectivity index (χ1v) is 9.22. The van der Waals surface area contributed by atoms with Crippen molar-refractivity contribution in [3.63, 3.8) is 0 Å². The Kier molecular flexibility index (Phi) is 5.44. The number of amides is 1. The molecule has 11 heteroatoms. The Bertz CT molecular complexity index is 912. The average molecular weight is 419 g/mol. The molecular weight excluding hydrogens is 409 g/mol. The van der Waals surface area contributed by atoms with E-state index in [2.05, 4.69) is 20.6 Å². The van der Waals surface area contributed by atoms with E-state index in [-0.39, 0.29) is 23.0 Å². The summed E-state index contributed by atoms with van der Waals surface area (Å²) < 4.78 is 38.7. The molecule has 0 atom stereocenters. The third kappa shape index (κ3) is 4.71. The second-order valence-electron chi connectivity index (χ2n) is 5.02. The summed E-state index contributed by atoms with van der Waals surface area (Å²) in [7, 11) is 0. The summed E-state index contributed by atoms with van der Waals surface area (Å²) in [4.78, 5) is 20.1. The second kappa shape index (κ2) is 7.60. The minimum Gasteiger partial charge on any atom is -0.332 e. The molecular formula is C15H10ClF3N4OS2. The molecule has 2 heterocycles. The standard InChI is InChI=1S/C15H10ClF3N4OS2/c16-11-2-1-8(5-10(11)15(17,18)19)21-14-22-9(7-26-14)6-12(24)23-13-20-3-4-25-13/h1-5,7H,6H2,(H,21,22)(H,20,23,24). The van der Waals surface area contributed by atoms with Crippen LogP contribution in [-0.4, -0.2) is 15.9 Å². The van der Waals surface area contributed by atoms with Crippen molar-refractivity contribution in [1.29, 1.82) is 0 Å². The van der Waals surface area contributed by atoms with Crippen molar-refractivity contribution in [3.8, 4) is 0 Å². The van der Waals surface area contributed by atoms with Crippen LogP contribution in [0.5, 0.6) is 0 Å². The molecule has 0 saturated carbocycles. The molecule has 26 heavy (non-hydrogen) atoms. The molecule has 0 aliphatic carbocycles. The Labute approximate surface area is 158 Å². The predicted molar refractivity (Wildman–Crippen MR) is 96.3 cm³/mol. The fourth-order valence-corrected chi connectivity index (χ4v) is 3.50. The summed E-state index contributed by atoms with van der Waals surface area (Å²) in [5.41, 5.74) is -0.227. The number of hydrogen-bond acceptors (Lipinski definition) is 6. The van der Waals surface area contributed by atoms with Crippen LogP contribution in [0, 0.1) is 0 Å². The number of halogens is 4. The molecule has 0 spiro atoms. The van der Waals surface area contributed by atoms with Gasteiger partial charge in [0.05, 0.1) is 22.7 Å². The Morgan fingerprint density at radius 2 is 2.04 bits per heavy atom. The number of thiazole rings is 2. The van der Waals surface area contributed by atoms with Gasteiger partial charge in [-0.1, -0.05) is 11.6 Å². The molecule has 3 rings (SSSR count). The molecule has 1 amide bonds. The third-order valence-corrected chi connectivity index (χ3v) is 4.92. The maximum Gasteiger partial charge on any atom is 0.417 e. The Morgan fingerprint density at radius 3 is 2.73 bits per heavy atom. The number of benzene rings is 1. The van der Waals surface area contributed by atoms with E-state index in [1.807, 2.05) is 0 Å². The van der Waals surface area contributed by atoms with Crippen molar-refractivity contribution in [2.24, 2.45) is 0 Å². The second-order valence-corrected chi connectivity index (χ2v) is 7.18. The van der Waals surface area contributed by atoms with Gasteiger partial charge in [0, 0.05) is 22.6 Å². The molecule has 0 radical (unpaired) electrons. The smallest absolute Gasteiger partial charge is 0.332 e. The molecule has 2 aromatic heterocycles. The van der Waals surface area contributed by atoms with E-state index in [1.54, 1.807) is 17.0 Å². The van der Waals surface area contributed by atoms with Gasteiger partial charge in [-0.2, -0.15) is 13.2 Å². The quantitative estimate of drug-likeness (QED) is 0.598. The highest BCUT2D eigenvalue weighted by molar-refractivity contribution is 7.14. The average Bonchev–Trinajstić information content (AvgIpc) is 3.20. The lowest BCUT2D eigenvalue weighted by Crippen LogP contribution is -2.14. The minimum absolute atomic E-state index is 0.0339. The van der Waals surface area contributed by atoms with Crippen LogP contribution >= 0.6 is 34.3 Å². The van der Waals surface area contributed by atoms with Gasteiger partial charge in [0.15, 0.2) is 10.3 Å². The largest absolute Gasteiger partial charge is 0.417 e. The lowest BCUT2D eigenvalue weighted by Gasteiger charge is -2.11. The molecule has 2 N–H and O–H groups in total. The van der Waals surface area contributed by atoms with Gasteiger partial charge in [0.1, 0.15) is 0 Å². The molecule has 0 bridgehead atoms. The highest BCUT2D eigenvalue weighted by atomic mass is 35.5. The van der Waals surface area contributed by atoms with Crippen molar-refractivity contribution in [2.45, 2.75) is 12.6 Å². The van der Waals surface area contributed by atoms with Crippen molar-refractivity contribution >= 4 is 56.1 Å². The summed E-state index contributed by atoms with van der Waals surface area (Å²) in [6, 6.07) is 3.51. The summed E-state index contributed by atoms with van der Waals surface area (Å²) >= 11 is 8.07. The highest BCUT2D eigenvalue weighted by Gasteiger charge is 2.33. The van der Waals surface area contributed by atoms with Crippen LogP contribution < -0.4 is 10.6 Å². The van der Waals surface area contributed by atoms with Crippen molar-refractivity contribution in [1.82, 2.24) is 9.97 Å². The molecule has 0 aliphatic rings. The maximum absolute atomic E-state index is 12.9. The van der Waals surface area contributed by atoms with Crippen LogP contribution in [0.25, 0.3) is 0 Å². The number of rotatable bonds is 5. The lowest BCUT2D eigenvalue weighted by molar-refractivity contribution is -0.137. The van der Waals surface area contributed by atoms with E-state index >= 15 is 0 Å². The first-order chi connectivity index (χ1) is 12.3. The van der Waals surface area contributed by atoms with Crippen LogP contribution in [0.15, 0.2) is 35.2 Å². The summed E-state index contributed by atoms with van der Waals surface area (Å²) in [6.07, 6.45) is -2.94. The van der Waals surface area contributed by atoms with Gasteiger partial charge in [0.2, 0.25) is 5.91 Å². The molecule has 136 valence electrons. The Morgan fingerprint density at radius 1 is 1.23 bits per heavy atom. The first kappa shape index (κ1) is 18.6. The third-order valence-electron chi connectivity index (χ3n) is 3.10. The van der Waals surface area contributed by atoms with Gasteiger partial charge < -0.3 is 10.6 Å². The fourth-order valence-electron chi connectivity index (χ4n) is 2.00. The number of nitrogens with zero attached hydrogens (tertiary/aromatic N) is 2. The van der Waals surface area contributed by atoms with Gasteiger partial charge in [-0.3, -0.25) is 4.79 Å². The number of nitrogens with one attached hydrogen (secondary N) is 2. The van der Waals surface area contributed by atoms with Gasteiger partial charge in [-0.05, 0) is 18.2 Å². The topological polar surface area (TPSA) is 66.9 Å². The normalized spacial score (nSPS) is 11.4. The van der Waals surface area contributed by atoms with Crippen LogP contribution in [0.2, 0.25) is 5.02 Å². The molecule has 0 unspecified atom stereocenters. The molecule has 1 aromatic carbocycles. The maximum atomic E-state index is 12.9. The zero-order valence-corrected chi connectivity index (χ0v) is 15.2. The van der Waals surface area contributed by atoms with Crippen molar-refractivity contribution in [3.05, 3.63) is 51.4 Å². The van der Waals surface area contributed by atoms with Crippen LogP contribution in [-0.2, 0) is 17.4 Å². The molecule has 3 aromatic rings. The number of aromatic nitrogens is 2. The van der Waals surface area contributed by atoms with E-state index in [0.717, 1.165) is 6.07 Å². The summed E-state index contributed by atoms with van der Waals surface area (Å²) in [6.45, 7) is 0. The van der Waals surface area contributed by atoms with Gasteiger partial charge in [-0.25, -0.2) is 9.97 Å². The van der Waals surface area contributed by atoms with E-state index in [0.29, 0.717) is 16.0 Å². The summed E-state index contributed by atoms with van der Waals surface area (Å²) in [5.74, 6) is -0.275. The van der Waals surface area contributed by atoms with E-state index in [1.165, 1.54) is 34.8 Å². The first-order valence-electron chi connectivity index (χ1n) is 7.09. The summed E-state index contributed by atoms with van der Waals surface area (Å²) in [5, 5.41) is 9.31. The minimum atomic E-state index is -4.54. The van der Waals surface area contributed by atoms with Crippen LogP contribution in [0.3, 0.4) is 0 Å². The monoisotopic (exact) mass is 418 g/mol. The Hall–Kier alpha value is -2.17. The van der Waals surface area contributed by atoms with Gasteiger partial charge in [-0.15, -0.1) is 22.7 Å². The number of carbonyl (C=O) groups is 1. The highest BCUT2D eigenvalue weighted by Crippen LogP contribution is 2.36. The fraction of sp³-hybridized carbons (Fsp3) is 0.133. The zero-order chi connectivity index (χ0) is 18.7. The van der Waals surface area contributed by atoms with Gasteiger partial charge >= 0.3 is 6.18 Å². The molecule has 0 aliphatic heterocycles. The van der Waals surface area contributed by atoms with Crippen molar-refractivity contribution in [2.75, 3.05) is 10.6 Å². The SMILES string of the molecule is O=C(Cc1csc(Nc2ccc(Cl)c(C(F)(F)F)c2)n1)Nc1nccs1. The number of alkyl halides is 3. The number of anilines is 3. The van der Waals surface area contributed by atoms with E-state index in [4.69, 9.17) is 11.6 Å². The van der Waals surface area contributed by atoms with E-state index in [9.17, 15) is 18.0 Å². The van der Waals surface area contributed by atoms with Crippen LogP contribution in [0.1, 0.15) is 11.3 Å². The molecule has 5 nitrogen and oxygen atoms in total. The number of hydrogen-bond donors (Lipinski definition) is 2. The predicted octanol–water partition coefficient (Wildman–Crippen LogP) is 5.20. The molecule has 0 fully saturated rings. The Balaban J connectivity index is 1.66. The van der Waals surface area contributed by atoms with E-state index < -0.39 is 11.7 Å². The van der Waals surface area contributed by atoms with Crippen LogP contribution in [0.4, 0.5) is 29.1 Å². The zero-order valence-electron chi connectivity index (χ0n) is 12.8. The van der Waals surface area contributed by atoms with Crippen molar-refractivity contribution < 1.29 is 18.0 Å². The lowest BCUT2D eigenvalue weighted by atomic mass is 10.2. The van der Waals surface area contributed by atoms with Gasteiger partial charge in [0.25, 0.3) is 0 Å².